The molecule has 0 radical (unpaired) electrons. The summed E-state index contributed by atoms with van der Waals surface area (Å²) in [5.41, 5.74) is 5.30. The number of nitrogens with zero attached hydrogens (tertiary/aromatic N) is 1. The van der Waals surface area contributed by atoms with Gasteiger partial charge in [-0.3, -0.25) is 19.7 Å². The zero-order valence-electron chi connectivity index (χ0n) is 10.3. The number of nitrogen functional groups attached to an aromatic ring is 1. The molecule has 0 bridgehead atoms. The highest BCUT2D eigenvalue weighted by atomic mass is 16.6. The second-order valence-corrected chi connectivity index (χ2v) is 3.71. The molecule has 0 heterocycles. The van der Waals surface area contributed by atoms with Gasteiger partial charge in [0.15, 0.2) is 0 Å². The quantitative estimate of drug-likeness (QED) is 0.394. The molecule has 0 aliphatic heterocycles. The molecule has 8 nitrogen and oxygen atoms in total. The summed E-state index contributed by atoms with van der Waals surface area (Å²) < 4.78 is 0. The topological polar surface area (TPSA) is 127 Å². The summed E-state index contributed by atoms with van der Waals surface area (Å²) in [5.74, 6) is -0.870. The van der Waals surface area contributed by atoms with Crippen molar-refractivity contribution in [2.45, 2.75) is 6.42 Å². The smallest absolute Gasteiger partial charge is 0.282 e. The van der Waals surface area contributed by atoms with Gasteiger partial charge in [-0.05, 0) is 12.1 Å². The summed E-state index contributed by atoms with van der Waals surface area (Å²) in [6.07, 6.45) is 0.0956. The Morgan fingerprint density at radius 1 is 1.42 bits per heavy atom. The Morgan fingerprint density at radius 3 is 2.68 bits per heavy atom. The zero-order valence-corrected chi connectivity index (χ0v) is 10.3. The van der Waals surface area contributed by atoms with Crippen LogP contribution in [0.1, 0.15) is 16.8 Å². The number of hydrogen-bond acceptors (Lipinski definition) is 5. The van der Waals surface area contributed by atoms with E-state index >= 15 is 0 Å². The van der Waals surface area contributed by atoms with Crippen LogP contribution in [0.5, 0.6) is 0 Å². The number of nitrogens with two attached hydrogens (primary N) is 1. The molecule has 1 aromatic carbocycles. The maximum Gasteiger partial charge on any atom is 0.282 e. The molecule has 4 N–H and O–H groups in total. The first-order chi connectivity index (χ1) is 8.95. The lowest BCUT2D eigenvalue weighted by Gasteiger charge is -2.06. The molecular weight excluding hydrogens is 252 g/mol. The molecule has 0 fully saturated rings. The summed E-state index contributed by atoms with van der Waals surface area (Å²) >= 11 is 0. The van der Waals surface area contributed by atoms with Gasteiger partial charge in [-0.25, -0.2) is 0 Å². The van der Waals surface area contributed by atoms with Gasteiger partial charge in [-0.15, -0.1) is 0 Å². The molecule has 19 heavy (non-hydrogen) atoms. The minimum absolute atomic E-state index is 0.0878. The van der Waals surface area contributed by atoms with E-state index in [1.165, 1.54) is 25.2 Å². The van der Waals surface area contributed by atoms with Gasteiger partial charge in [0, 0.05) is 31.8 Å². The van der Waals surface area contributed by atoms with Crippen LogP contribution in [0.4, 0.5) is 11.4 Å². The molecule has 102 valence electrons. The van der Waals surface area contributed by atoms with Crippen LogP contribution in [-0.2, 0) is 4.79 Å². The summed E-state index contributed by atoms with van der Waals surface area (Å²) in [6, 6.07) is 3.75. The standard InChI is InChI=1S/C11H14N4O4/c1-13-10(16)4-5-14-11(17)8-6-7(12)2-3-9(8)15(18)19/h2-3,6H,4-5,12H2,1H3,(H,13,16)(H,14,17). The predicted octanol–water partition coefficient (Wildman–Crippen LogP) is 0.0429. The van der Waals surface area contributed by atoms with E-state index in [2.05, 4.69) is 10.6 Å². The molecule has 0 aliphatic carbocycles. The summed E-state index contributed by atoms with van der Waals surface area (Å²) in [6.45, 7) is 0.0878. The first-order valence-corrected chi connectivity index (χ1v) is 5.48. The lowest BCUT2D eigenvalue weighted by atomic mass is 10.1. The molecule has 0 aliphatic rings. The number of benzene rings is 1. The molecule has 0 unspecified atom stereocenters. The highest BCUT2D eigenvalue weighted by molar-refractivity contribution is 5.99. The van der Waals surface area contributed by atoms with Gasteiger partial charge in [-0.1, -0.05) is 0 Å². The Kier molecular flexibility index (Phi) is 4.81. The predicted molar refractivity (Wildman–Crippen MR) is 68.5 cm³/mol. The normalized spacial score (nSPS) is 9.74. The van der Waals surface area contributed by atoms with Crippen LogP contribution < -0.4 is 16.4 Å². The van der Waals surface area contributed by atoms with Gasteiger partial charge in [0.2, 0.25) is 5.91 Å². The molecule has 8 heteroatoms. The van der Waals surface area contributed by atoms with Crippen molar-refractivity contribution in [3.8, 4) is 0 Å². The van der Waals surface area contributed by atoms with Gasteiger partial charge < -0.3 is 16.4 Å². The lowest BCUT2D eigenvalue weighted by Crippen LogP contribution is -2.29. The molecule has 0 saturated carbocycles. The van der Waals surface area contributed by atoms with E-state index in [9.17, 15) is 19.7 Å². The van der Waals surface area contributed by atoms with Gasteiger partial charge in [-0.2, -0.15) is 0 Å². The van der Waals surface area contributed by atoms with E-state index in [1.807, 2.05) is 0 Å². The molecule has 0 atom stereocenters. The molecule has 0 spiro atoms. The highest BCUT2D eigenvalue weighted by Crippen LogP contribution is 2.20. The third kappa shape index (κ3) is 3.95. The Morgan fingerprint density at radius 2 is 2.11 bits per heavy atom. The maximum absolute atomic E-state index is 11.8. The average molecular weight is 266 g/mol. The van der Waals surface area contributed by atoms with Crippen LogP contribution in [0.25, 0.3) is 0 Å². The number of hydrogen-bond donors (Lipinski definition) is 3. The minimum atomic E-state index is -0.660. The molecule has 1 rings (SSSR count). The SMILES string of the molecule is CNC(=O)CCNC(=O)c1cc(N)ccc1[N+](=O)[O-]. The van der Waals surface area contributed by atoms with E-state index < -0.39 is 10.8 Å². The number of rotatable bonds is 5. The minimum Gasteiger partial charge on any atom is -0.399 e. The van der Waals surface area contributed by atoms with Crippen LogP contribution in [0.3, 0.4) is 0 Å². The number of carbonyl (C=O) groups is 2. The first kappa shape index (κ1) is 14.4. The Balaban J connectivity index is 2.78. The highest BCUT2D eigenvalue weighted by Gasteiger charge is 2.20. The summed E-state index contributed by atoms with van der Waals surface area (Å²) in [4.78, 5) is 32.9. The fourth-order valence-corrected chi connectivity index (χ4v) is 1.40. The number of nitro groups is 1. The second-order valence-electron chi connectivity index (χ2n) is 3.71. The second kappa shape index (κ2) is 6.34. The average Bonchev–Trinajstić information content (AvgIpc) is 2.37. The lowest BCUT2D eigenvalue weighted by molar-refractivity contribution is -0.385. The van der Waals surface area contributed by atoms with Crippen LogP contribution in [0.15, 0.2) is 18.2 Å². The first-order valence-electron chi connectivity index (χ1n) is 5.48. The van der Waals surface area contributed by atoms with Crippen LogP contribution in [0, 0.1) is 10.1 Å². The number of amides is 2. The molecule has 0 saturated heterocycles. The van der Waals surface area contributed by atoms with Crippen LogP contribution in [-0.4, -0.2) is 30.3 Å². The molecule has 0 aromatic heterocycles. The Bertz CT molecular complexity index is 515. The van der Waals surface area contributed by atoms with Gasteiger partial charge in [0.1, 0.15) is 5.56 Å². The maximum atomic E-state index is 11.8. The third-order valence-corrected chi connectivity index (χ3v) is 2.38. The zero-order chi connectivity index (χ0) is 14.4. The summed E-state index contributed by atoms with van der Waals surface area (Å²) in [5, 5.41) is 15.6. The third-order valence-electron chi connectivity index (χ3n) is 2.38. The van der Waals surface area contributed by atoms with Crippen LogP contribution >= 0.6 is 0 Å². The van der Waals surface area contributed by atoms with Crippen molar-refractivity contribution in [2.75, 3.05) is 19.3 Å². The Hall–Kier alpha value is -2.64. The number of nitrogens with one attached hydrogen (secondary N) is 2. The van der Waals surface area contributed by atoms with Crippen molar-refractivity contribution >= 4 is 23.2 Å². The van der Waals surface area contributed by atoms with E-state index in [-0.39, 0.29) is 35.8 Å². The van der Waals surface area contributed by atoms with Crippen molar-refractivity contribution in [1.82, 2.24) is 10.6 Å². The van der Waals surface area contributed by atoms with Crippen molar-refractivity contribution < 1.29 is 14.5 Å². The largest absolute Gasteiger partial charge is 0.399 e. The van der Waals surface area contributed by atoms with E-state index in [4.69, 9.17) is 5.73 Å². The van der Waals surface area contributed by atoms with Gasteiger partial charge >= 0.3 is 0 Å². The van der Waals surface area contributed by atoms with E-state index in [0.717, 1.165) is 0 Å². The fraction of sp³-hybridized carbons (Fsp3) is 0.273. The van der Waals surface area contributed by atoms with Gasteiger partial charge in [0.05, 0.1) is 4.92 Å². The number of anilines is 1. The van der Waals surface area contributed by atoms with Crippen molar-refractivity contribution in [3.63, 3.8) is 0 Å². The monoisotopic (exact) mass is 266 g/mol. The molecular formula is C11H14N4O4. The molecule has 2 amide bonds. The fourth-order valence-electron chi connectivity index (χ4n) is 1.40. The van der Waals surface area contributed by atoms with Crippen molar-refractivity contribution in [3.05, 3.63) is 33.9 Å². The number of carbonyl (C=O) groups excluding carboxylic acids is 2. The molecule has 1 aromatic rings. The summed E-state index contributed by atoms with van der Waals surface area (Å²) in [7, 11) is 1.48. The van der Waals surface area contributed by atoms with E-state index in [0.29, 0.717) is 0 Å². The van der Waals surface area contributed by atoms with Crippen molar-refractivity contribution in [1.29, 1.82) is 0 Å². The van der Waals surface area contributed by atoms with Crippen LogP contribution in [0.2, 0.25) is 0 Å². The Labute approximate surface area is 109 Å². The van der Waals surface area contributed by atoms with E-state index in [1.54, 1.807) is 0 Å². The van der Waals surface area contributed by atoms with Gasteiger partial charge in [0.25, 0.3) is 11.6 Å². The van der Waals surface area contributed by atoms with Crippen molar-refractivity contribution in [2.24, 2.45) is 0 Å². The number of nitro benzene ring substituents is 1.